The molecular formula is C31H28N8O4. The first kappa shape index (κ1) is 27.5. The number of carbonyl (C=O) groups is 1. The average molecular weight is 577 g/mol. The van der Waals surface area contributed by atoms with Gasteiger partial charge in [0.2, 0.25) is 5.82 Å². The van der Waals surface area contributed by atoms with Crippen molar-refractivity contribution in [1.29, 1.82) is 0 Å². The third-order valence-corrected chi connectivity index (χ3v) is 6.98. The normalized spacial score (nSPS) is 11.1. The van der Waals surface area contributed by atoms with Crippen molar-refractivity contribution < 1.29 is 14.3 Å². The SMILES string of the molecule is CCCCc1nc2c(OC(=O)OCc3ccccc3)n[nH]c(=O)c2n1Cc1ccc(-c2ccccc2-c2nn[nH]n2)cc1. The Balaban J connectivity index is 1.28. The van der Waals surface area contributed by atoms with Gasteiger partial charge in [-0.2, -0.15) is 5.21 Å². The van der Waals surface area contributed by atoms with Crippen LogP contribution in [0.15, 0.2) is 83.7 Å². The number of tetrazole rings is 1. The van der Waals surface area contributed by atoms with Crippen LogP contribution < -0.4 is 10.3 Å². The van der Waals surface area contributed by atoms with E-state index in [1.54, 1.807) is 0 Å². The van der Waals surface area contributed by atoms with Crippen molar-refractivity contribution in [3.8, 4) is 28.4 Å². The summed E-state index contributed by atoms with van der Waals surface area (Å²) in [4.78, 5) is 30.2. The number of imidazole rings is 1. The Morgan fingerprint density at radius 3 is 2.42 bits per heavy atom. The minimum atomic E-state index is -0.939. The summed E-state index contributed by atoms with van der Waals surface area (Å²) < 4.78 is 12.5. The Morgan fingerprint density at radius 2 is 1.67 bits per heavy atom. The number of nitrogens with zero attached hydrogens (tertiary/aromatic N) is 6. The number of H-pyrrole nitrogens is 2. The van der Waals surface area contributed by atoms with Crippen LogP contribution in [0.2, 0.25) is 0 Å². The van der Waals surface area contributed by atoms with Gasteiger partial charge in [-0.25, -0.2) is 14.9 Å². The number of aryl methyl sites for hydroxylation is 1. The van der Waals surface area contributed by atoms with Crippen LogP contribution in [0.4, 0.5) is 4.79 Å². The van der Waals surface area contributed by atoms with Crippen LogP contribution in [-0.4, -0.2) is 46.5 Å². The second-order valence-corrected chi connectivity index (χ2v) is 9.88. The molecule has 0 bridgehead atoms. The molecule has 0 unspecified atom stereocenters. The van der Waals surface area contributed by atoms with Crippen molar-refractivity contribution >= 4 is 17.2 Å². The lowest BCUT2D eigenvalue weighted by Crippen LogP contribution is -2.17. The molecule has 12 nitrogen and oxygen atoms in total. The number of rotatable bonds is 10. The van der Waals surface area contributed by atoms with Gasteiger partial charge in [-0.05, 0) is 33.9 Å². The highest BCUT2D eigenvalue weighted by Gasteiger charge is 2.21. The van der Waals surface area contributed by atoms with Gasteiger partial charge >= 0.3 is 6.16 Å². The molecule has 6 aromatic rings. The zero-order valence-corrected chi connectivity index (χ0v) is 23.4. The number of nitrogens with one attached hydrogen (secondary N) is 2. The molecule has 0 saturated carbocycles. The fraction of sp³-hybridized carbons (Fsp3) is 0.194. The summed E-state index contributed by atoms with van der Waals surface area (Å²) in [7, 11) is 0. The van der Waals surface area contributed by atoms with E-state index in [1.807, 2.05) is 83.4 Å². The Morgan fingerprint density at radius 1 is 0.907 bits per heavy atom. The number of unbranched alkanes of at least 4 members (excludes halogenated alkanes) is 1. The number of aromatic nitrogens is 8. The van der Waals surface area contributed by atoms with Gasteiger partial charge in [-0.1, -0.05) is 92.2 Å². The van der Waals surface area contributed by atoms with Crippen molar-refractivity contribution in [1.82, 2.24) is 40.4 Å². The molecule has 43 heavy (non-hydrogen) atoms. The molecule has 0 fully saturated rings. The standard InChI is InChI=1S/C31H28N8O4/c1-2-3-13-25-32-26-27(29(40)35-36-30(26)43-31(41)42-19-21-9-5-4-6-10-21)39(25)18-20-14-16-22(17-15-20)23-11-7-8-12-24(23)28-33-37-38-34-28/h4-12,14-17H,2-3,13,18-19H2,1H3,(H,35,40)(H,33,34,37,38). The first-order valence-corrected chi connectivity index (χ1v) is 13.9. The fourth-order valence-electron chi connectivity index (χ4n) is 4.86. The molecule has 0 aliphatic carbocycles. The number of benzene rings is 3. The molecule has 0 amide bonds. The summed E-state index contributed by atoms with van der Waals surface area (Å²) in [6.45, 7) is 2.51. The number of carbonyl (C=O) groups excluding carboxylic acids is 1. The summed E-state index contributed by atoms with van der Waals surface area (Å²) in [6, 6.07) is 25.1. The summed E-state index contributed by atoms with van der Waals surface area (Å²) in [5.74, 6) is 1.10. The monoisotopic (exact) mass is 576 g/mol. The van der Waals surface area contributed by atoms with E-state index in [9.17, 15) is 9.59 Å². The lowest BCUT2D eigenvalue weighted by molar-refractivity contribution is 0.0913. The Kier molecular flexibility index (Phi) is 7.98. The molecule has 0 atom stereocenters. The summed E-state index contributed by atoms with van der Waals surface area (Å²) in [5.41, 5.74) is 4.64. The molecule has 0 aliphatic heterocycles. The fourth-order valence-corrected chi connectivity index (χ4v) is 4.86. The van der Waals surface area contributed by atoms with E-state index in [1.165, 1.54) is 0 Å². The number of fused-ring (bicyclic) bond motifs is 1. The predicted molar refractivity (Wildman–Crippen MR) is 158 cm³/mol. The van der Waals surface area contributed by atoms with Gasteiger partial charge in [0.25, 0.3) is 11.4 Å². The Labute approximate surface area is 245 Å². The number of hydrogen-bond acceptors (Lipinski definition) is 9. The van der Waals surface area contributed by atoms with Crippen LogP contribution in [0.5, 0.6) is 5.88 Å². The second-order valence-electron chi connectivity index (χ2n) is 9.88. The van der Waals surface area contributed by atoms with Crippen molar-refractivity contribution in [3.05, 3.63) is 106 Å². The molecule has 6 rings (SSSR count). The topological polar surface area (TPSA) is 154 Å². The molecule has 0 saturated heterocycles. The molecule has 2 N–H and O–H groups in total. The van der Waals surface area contributed by atoms with Gasteiger partial charge in [-0.15, -0.1) is 15.3 Å². The summed E-state index contributed by atoms with van der Waals surface area (Å²) in [6.07, 6.45) is 1.52. The molecule has 3 heterocycles. The van der Waals surface area contributed by atoms with Crippen LogP contribution in [-0.2, 0) is 24.3 Å². The lowest BCUT2D eigenvalue weighted by Gasteiger charge is -2.11. The number of hydrogen-bond donors (Lipinski definition) is 2. The summed E-state index contributed by atoms with van der Waals surface area (Å²) >= 11 is 0. The maximum atomic E-state index is 13.0. The van der Waals surface area contributed by atoms with Crippen LogP contribution in [0.1, 0.15) is 36.7 Å². The van der Waals surface area contributed by atoms with Gasteiger partial charge in [0.15, 0.2) is 5.52 Å². The van der Waals surface area contributed by atoms with Crippen LogP contribution in [0, 0.1) is 0 Å². The van der Waals surface area contributed by atoms with Gasteiger partial charge in [0.05, 0.1) is 0 Å². The highest BCUT2D eigenvalue weighted by atomic mass is 16.7. The van der Waals surface area contributed by atoms with Crippen molar-refractivity contribution in [2.24, 2.45) is 0 Å². The zero-order chi connectivity index (χ0) is 29.6. The first-order valence-electron chi connectivity index (χ1n) is 13.9. The molecule has 3 aromatic heterocycles. The number of ether oxygens (including phenoxy) is 2. The minimum Gasteiger partial charge on any atom is -0.429 e. The van der Waals surface area contributed by atoms with E-state index in [0.29, 0.717) is 24.6 Å². The van der Waals surface area contributed by atoms with Crippen molar-refractivity contribution in [2.45, 2.75) is 39.3 Å². The second kappa shape index (κ2) is 12.5. The highest BCUT2D eigenvalue weighted by molar-refractivity contribution is 5.82. The third-order valence-electron chi connectivity index (χ3n) is 6.98. The van der Waals surface area contributed by atoms with Crippen LogP contribution >= 0.6 is 0 Å². The minimum absolute atomic E-state index is 0.0396. The molecular weight excluding hydrogens is 548 g/mol. The van der Waals surface area contributed by atoms with Crippen LogP contribution in [0.25, 0.3) is 33.5 Å². The lowest BCUT2D eigenvalue weighted by atomic mass is 9.98. The van der Waals surface area contributed by atoms with Crippen molar-refractivity contribution in [2.75, 3.05) is 0 Å². The van der Waals surface area contributed by atoms with E-state index in [2.05, 4.69) is 37.7 Å². The van der Waals surface area contributed by atoms with Crippen LogP contribution in [0.3, 0.4) is 0 Å². The Hall–Kier alpha value is -5.65. The predicted octanol–water partition coefficient (Wildman–Crippen LogP) is 5.07. The molecule has 0 spiro atoms. The van der Waals surface area contributed by atoms with E-state index in [0.717, 1.165) is 40.7 Å². The quantitative estimate of drug-likeness (QED) is 0.213. The van der Waals surface area contributed by atoms with Gasteiger partial charge in [0.1, 0.15) is 17.9 Å². The summed E-state index contributed by atoms with van der Waals surface area (Å²) in [5, 5.41) is 20.8. The average Bonchev–Trinajstić information content (AvgIpc) is 3.71. The molecule has 12 heteroatoms. The Bertz CT molecular complexity index is 1900. The molecule has 0 aliphatic rings. The molecule has 0 radical (unpaired) electrons. The van der Waals surface area contributed by atoms with E-state index in [-0.39, 0.29) is 23.5 Å². The van der Waals surface area contributed by atoms with Gasteiger partial charge < -0.3 is 14.0 Å². The molecule has 3 aromatic carbocycles. The highest BCUT2D eigenvalue weighted by Crippen LogP contribution is 2.30. The smallest absolute Gasteiger partial charge is 0.429 e. The van der Waals surface area contributed by atoms with Gasteiger partial charge in [-0.3, -0.25) is 4.79 Å². The van der Waals surface area contributed by atoms with Crippen molar-refractivity contribution in [3.63, 3.8) is 0 Å². The van der Waals surface area contributed by atoms with Gasteiger partial charge in [0, 0.05) is 18.5 Å². The number of aromatic amines is 2. The first-order chi connectivity index (χ1) is 21.1. The molecule has 216 valence electrons. The van der Waals surface area contributed by atoms with E-state index in [4.69, 9.17) is 14.5 Å². The van der Waals surface area contributed by atoms with E-state index >= 15 is 0 Å². The van der Waals surface area contributed by atoms with E-state index < -0.39 is 11.7 Å². The maximum Gasteiger partial charge on any atom is 0.515 e. The maximum absolute atomic E-state index is 13.0. The largest absolute Gasteiger partial charge is 0.515 e. The zero-order valence-electron chi connectivity index (χ0n) is 23.4. The third kappa shape index (κ3) is 6.03.